The van der Waals surface area contributed by atoms with Crippen LogP contribution in [-0.2, 0) is 26.2 Å². The first-order chi connectivity index (χ1) is 21.5. The molecule has 11 heteroatoms. The number of ether oxygens (including phenoxy) is 1. The summed E-state index contributed by atoms with van der Waals surface area (Å²) in [6.45, 7) is 4.08. The summed E-state index contributed by atoms with van der Waals surface area (Å²) in [4.78, 5) is 28.7. The maximum atomic E-state index is 13.8. The van der Waals surface area contributed by atoms with Crippen molar-refractivity contribution in [3.63, 3.8) is 0 Å². The highest BCUT2D eigenvalue weighted by Crippen LogP contribution is 2.25. The summed E-state index contributed by atoms with van der Waals surface area (Å²) in [5.74, 6) is -1.20. The van der Waals surface area contributed by atoms with E-state index >= 15 is 0 Å². The van der Waals surface area contributed by atoms with E-state index in [-0.39, 0.29) is 28.8 Å². The molecule has 0 aliphatic carbocycles. The molecule has 4 aromatic carbocycles. The van der Waals surface area contributed by atoms with Gasteiger partial charge in [0.2, 0.25) is 5.91 Å². The largest absolute Gasteiger partial charge is 0.484 e. The van der Waals surface area contributed by atoms with Gasteiger partial charge in [-0.05, 0) is 84.1 Å². The third-order valence-electron chi connectivity index (χ3n) is 6.88. The zero-order chi connectivity index (χ0) is 32.4. The maximum Gasteiger partial charge on any atom is 0.261 e. The number of halogens is 2. The third-order valence-corrected chi connectivity index (χ3v) is 8.27. The first-order valence-electron chi connectivity index (χ1n) is 14.4. The van der Waals surface area contributed by atoms with E-state index in [0.29, 0.717) is 23.6 Å². The van der Waals surface area contributed by atoms with Crippen molar-refractivity contribution in [3.05, 3.63) is 126 Å². The molecule has 0 bridgehead atoms. The Morgan fingerprint density at radius 3 is 2.02 bits per heavy atom. The third kappa shape index (κ3) is 9.61. The molecule has 0 unspecified atom stereocenters. The summed E-state index contributed by atoms with van der Waals surface area (Å²) in [6.07, 6.45) is 0.757. The van der Waals surface area contributed by atoms with Crippen LogP contribution in [0.15, 0.2) is 108 Å². The highest BCUT2D eigenvalue weighted by Gasteiger charge is 2.32. The van der Waals surface area contributed by atoms with Gasteiger partial charge in [0.1, 0.15) is 23.4 Å². The Bertz CT molecular complexity index is 1670. The highest BCUT2D eigenvalue weighted by molar-refractivity contribution is 7.92. The van der Waals surface area contributed by atoms with Crippen molar-refractivity contribution in [1.29, 1.82) is 0 Å². The molecular weight excluding hydrogens is 600 g/mol. The van der Waals surface area contributed by atoms with E-state index in [0.717, 1.165) is 18.6 Å². The van der Waals surface area contributed by atoms with Crippen molar-refractivity contribution in [2.75, 3.05) is 17.9 Å². The lowest BCUT2D eigenvalue weighted by Gasteiger charge is -2.31. The van der Waals surface area contributed by atoms with E-state index in [1.54, 1.807) is 36.4 Å². The Hall–Kier alpha value is -4.77. The summed E-state index contributed by atoms with van der Waals surface area (Å²) >= 11 is 0. The van der Waals surface area contributed by atoms with Gasteiger partial charge in [0, 0.05) is 18.8 Å². The molecule has 4 aromatic rings. The van der Waals surface area contributed by atoms with E-state index in [9.17, 15) is 26.8 Å². The summed E-state index contributed by atoms with van der Waals surface area (Å²) < 4.78 is 60.5. The molecule has 2 amide bonds. The molecule has 45 heavy (non-hydrogen) atoms. The second-order valence-corrected chi connectivity index (χ2v) is 12.5. The Morgan fingerprint density at radius 1 is 0.822 bits per heavy atom. The Morgan fingerprint density at radius 2 is 1.42 bits per heavy atom. The summed E-state index contributed by atoms with van der Waals surface area (Å²) in [5, 5.41) is 2.94. The zero-order valence-corrected chi connectivity index (χ0v) is 25.8. The molecule has 0 spiro atoms. The summed E-state index contributed by atoms with van der Waals surface area (Å²) in [5.41, 5.74) is 1.41. The average Bonchev–Trinajstić information content (AvgIpc) is 3.02. The molecular formula is C34H35F2N3O5S. The van der Waals surface area contributed by atoms with Gasteiger partial charge in [0.05, 0.1) is 4.90 Å². The van der Waals surface area contributed by atoms with Crippen LogP contribution < -0.4 is 14.8 Å². The number of carbonyl (C=O) groups is 2. The molecule has 0 fully saturated rings. The topological polar surface area (TPSA) is 105 Å². The summed E-state index contributed by atoms with van der Waals surface area (Å²) in [7, 11) is -3.96. The Labute approximate surface area is 262 Å². The van der Waals surface area contributed by atoms with Crippen LogP contribution in [0.5, 0.6) is 5.75 Å². The van der Waals surface area contributed by atoms with Gasteiger partial charge in [0.25, 0.3) is 15.9 Å². The predicted molar refractivity (Wildman–Crippen MR) is 168 cm³/mol. The molecule has 0 aromatic heterocycles. The van der Waals surface area contributed by atoms with Crippen molar-refractivity contribution < 1.29 is 31.5 Å². The van der Waals surface area contributed by atoms with Crippen LogP contribution in [0.1, 0.15) is 37.4 Å². The van der Waals surface area contributed by atoms with Gasteiger partial charge in [-0.25, -0.2) is 17.2 Å². The van der Waals surface area contributed by atoms with Crippen molar-refractivity contribution in [2.45, 2.75) is 37.8 Å². The number of sulfonamides is 1. The van der Waals surface area contributed by atoms with E-state index in [1.165, 1.54) is 53.4 Å². The minimum Gasteiger partial charge on any atom is -0.484 e. The molecule has 236 valence electrons. The van der Waals surface area contributed by atoms with Gasteiger partial charge >= 0.3 is 0 Å². The van der Waals surface area contributed by atoms with Crippen LogP contribution in [0.25, 0.3) is 0 Å². The van der Waals surface area contributed by atoms with Gasteiger partial charge in [-0.15, -0.1) is 0 Å². The minimum absolute atomic E-state index is 0.00582. The number of benzene rings is 4. The van der Waals surface area contributed by atoms with Crippen LogP contribution in [0.2, 0.25) is 0 Å². The number of nitrogens with zero attached hydrogens (tertiary/aromatic N) is 1. The monoisotopic (exact) mass is 635 g/mol. The smallest absolute Gasteiger partial charge is 0.261 e. The molecule has 0 aliphatic rings. The first kappa shape index (κ1) is 33.1. The average molecular weight is 636 g/mol. The molecule has 0 radical (unpaired) electrons. The molecule has 0 saturated carbocycles. The van der Waals surface area contributed by atoms with E-state index in [2.05, 4.69) is 10.0 Å². The molecule has 0 heterocycles. The molecule has 2 N–H and O–H groups in total. The number of hydrogen-bond donors (Lipinski definition) is 2. The Balaban J connectivity index is 1.53. The van der Waals surface area contributed by atoms with Gasteiger partial charge in [-0.3, -0.25) is 14.3 Å². The highest BCUT2D eigenvalue weighted by atomic mass is 32.2. The molecule has 8 nitrogen and oxygen atoms in total. The number of hydrogen-bond acceptors (Lipinski definition) is 5. The number of nitrogens with one attached hydrogen (secondary N) is 2. The second-order valence-electron chi connectivity index (χ2n) is 10.8. The fraction of sp³-hybridized carbons (Fsp3) is 0.235. The quantitative estimate of drug-likeness (QED) is 0.175. The van der Waals surface area contributed by atoms with Gasteiger partial charge in [-0.2, -0.15) is 0 Å². The SMILES string of the molecule is CC(C)CCNC(=O)[C@@H](c1ccccc1)N(Cc1ccc(F)cc1)C(=O)COc1ccc(S(=O)(=O)Nc2ccc(F)cc2)cc1. The normalized spacial score (nSPS) is 11.9. The number of rotatable bonds is 14. The fourth-order valence-corrected chi connectivity index (χ4v) is 5.53. The van der Waals surface area contributed by atoms with Crippen LogP contribution >= 0.6 is 0 Å². The van der Waals surface area contributed by atoms with Crippen LogP contribution in [-0.4, -0.2) is 38.3 Å². The fourth-order valence-electron chi connectivity index (χ4n) is 4.47. The van der Waals surface area contributed by atoms with Crippen molar-refractivity contribution in [2.24, 2.45) is 5.92 Å². The predicted octanol–water partition coefficient (Wildman–Crippen LogP) is 6.08. The van der Waals surface area contributed by atoms with Crippen LogP contribution in [0, 0.1) is 17.6 Å². The maximum absolute atomic E-state index is 13.8. The number of amides is 2. The lowest BCUT2D eigenvalue weighted by Crippen LogP contribution is -2.45. The number of anilines is 1. The summed E-state index contributed by atoms with van der Waals surface area (Å²) in [6, 6.07) is 23.9. The van der Waals surface area contributed by atoms with E-state index in [1.807, 2.05) is 19.9 Å². The van der Waals surface area contributed by atoms with E-state index < -0.39 is 40.2 Å². The molecule has 1 atom stereocenters. The minimum atomic E-state index is -3.96. The zero-order valence-electron chi connectivity index (χ0n) is 25.0. The Kier molecular flexibility index (Phi) is 11.3. The van der Waals surface area contributed by atoms with Gasteiger partial charge in [-0.1, -0.05) is 56.3 Å². The van der Waals surface area contributed by atoms with E-state index in [4.69, 9.17) is 4.74 Å². The van der Waals surface area contributed by atoms with Crippen molar-refractivity contribution in [3.8, 4) is 5.75 Å². The van der Waals surface area contributed by atoms with Crippen LogP contribution in [0.3, 0.4) is 0 Å². The van der Waals surface area contributed by atoms with Crippen molar-refractivity contribution >= 4 is 27.5 Å². The van der Waals surface area contributed by atoms with Gasteiger partial charge < -0.3 is 15.0 Å². The van der Waals surface area contributed by atoms with Crippen LogP contribution in [0.4, 0.5) is 14.5 Å². The second kappa shape index (κ2) is 15.3. The number of carbonyl (C=O) groups excluding carboxylic acids is 2. The lowest BCUT2D eigenvalue weighted by molar-refractivity contribution is -0.143. The van der Waals surface area contributed by atoms with Crippen molar-refractivity contribution in [1.82, 2.24) is 10.2 Å². The molecule has 4 rings (SSSR count). The molecule has 0 aliphatic heterocycles. The van der Waals surface area contributed by atoms with Gasteiger partial charge in [0.15, 0.2) is 6.61 Å². The molecule has 0 saturated heterocycles. The lowest BCUT2D eigenvalue weighted by atomic mass is 10.0. The standard InChI is InChI=1S/C34H35F2N3O5S/c1-24(2)20-21-37-34(41)33(26-6-4-3-5-7-26)39(22-25-8-10-27(35)11-9-25)32(40)23-44-30-16-18-31(19-17-30)45(42,43)38-29-14-12-28(36)13-15-29/h3-19,24,33,38H,20-23H2,1-2H3,(H,37,41)/t33-/m1/s1. The first-order valence-corrected chi connectivity index (χ1v) is 15.9.